The van der Waals surface area contributed by atoms with Crippen molar-refractivity contribution in [2.45, 2.75) is 39.2 Å². The molecule has 0 bridgehead atoms. The number of hydrogen-bond donors (Lipinski definition) is 0. The molecular formula is C15H20N2. The number of benzene rings is 1. The van der Waals surface area contributed by atoms with Crippen LogP contribution in [-0.4, -0.2) is 9.78 Å². The summed E-state index contributed by atoms with van der Waals surface area (Å²) in [7, 11) is 0. The molecule has 2 rings (SSSR count). The van der Waals surface area contributed by atoms with Crippen molar-refractivity contribution in [3.8, 4) is 11.1 Å². The molecule has 2 heteroatoms. The minimum Gasteiger partial charge on any atom is -0.272 e. The molecule has 0 saturated carbocycles. The highest BCUT2D eigenvalue weighted by Gasteiger charge is 2.00. The Morgan fingerprint density at radius 3 is 2.59 bits per heavy atom. The molecule has 0 spiro atoms. The first kappa shape index (κ1) is 11.9. The van der Waals surface area contributed by atoms with E-state index in [1.807, 2.05) is 12.3 Å². The molecule has 2 aromatic rings. The molecule has 0 aliphatic heterocycles. The fourth-order valence-corrected chi connectivity index (χ4v) is 1.97. The van der Waals surface area contributed by atoms with Crippen LogP contribution < -0.4 is 0 Å². The fraction of sp³-hybridized carbons (Fsp3) is 0.400. The average Bonchev–Trinajstić information content (AvgIpc) is 2.85. The van der Waals surface area contributed by atoms with E-state index in [1.165, 1.54) is 36.8 Å². The van der Waals surface area contributed by atoms with Gasteiger partial charge in [-0.05, 0) is 12.0 Å². The molecule has 0 aliphatic rings. The van der Waals surface area contributed by atoms with Gasteiger partial charge in [0.15, 0.2) is 0 Å². The third-order valence-electron chi connectivity index (χ3n) is 2.98. The Hall–Kier alpha value is -1.57. The van der Waals surface area contributed by atoms with Gasteiger partial charge in [-0.1, -0.05) is 56.5 Å². The van der Waals surface area contributed by atoms with E-state index in [2.05, 4.69) is 47.2 Å². The van der Waals surface area contributed by atoms with Crippen molar-refractivity contribution < 1.29 is 0 Å². The zero-order valence-electron chi connectivity index (χ0n) is 10.5. The molecule has 0 saturated heterocycles. The Balaban J connectivity index is 1.92. The number of rotatable bonds is 6. The first-order chi connectivity index (χ1) is 8.40. The molecule has 2 nitrogen and oxygen atoms in total. The Morgan fingerprint density at radius 1 is 1.00 bits per heavy atom. The lowest BCUT2D eigenvalue weighted by atomic mass is 10.1. The number of nitrogens with zero attached hydrogens (tertiary/aromatic N) is 2. The quantitative estimate of drug-likeness (QED) is 0.680. The summed E-state index contributed by atoms with van der Waals surface area (Å²) in [6.45, 7) is 3.27. The van der Waals surface area contributed by atoms with Crippen molar-refractivity contribution >= 4 is 0 Å². The predicted octanol–water partition coefficient (Wildman–Crippen LogP) is 4.13. The summed E-state index contributed by atoms with van der Waals surface area (Å²) in [5.41, 5.74) is 2.45. The molecule has 0 fully saturated rings. The highest BCUT2D eigenvalue weighted by atomic mass is 15.3. The summed E-state index contributed by atoms with van der Waals surface area (Å²) in [5.74, 6) is 0. The summed E-state index contributed by atoms with van der Waals surface area (Å²) in [4.78, 5) is 0. The highest BCUT2D eigenvalue weighted by molar-refractivity contribution is 5.61. The second-order valence-corrected chi connectivity index (χ2v) is 4.42. The van der Waals surface area contributed by atoms with E-state index in [0.717, 1.165) is 6.54 Å². The molecular weight excluding hydrogens is 208 g/mol. The Bertz CT molecular complexity index is 431. The molecule has 1 aromatic heterocycles. The monoisotopic (exact) mass is 228 g/mol. The third kappa shape index (κ3) is 3.45. The Morgan fingerprint density at radius 2 is 1.82 bits per heavy atom. The summed E-state index contributed by atoms with van der Waals surface area (Å²) >= 11 is 0. The van der Waals surface area contributed by atoms with Crippen molar-refractivity contribution in [1.82, 2.24) is 9.78 Å². The van der Waals surface area contributed by atoms with Gasteiger partial charge >= 0.3 is 0 Å². The predicted molar refractivity (Wildman–Crippen MR) is 71.8 cm³/mol. The summed E-state index contributed by atoms with van der Waals surface area (Å²) < 4.78 is 2.05. The van der Waals surface area contributed by atoms with Crippen LogP contribution in [0.15, 0.2) is 42.7 Å². The van der Waals surface area contributed by atoms with Crippen molar-refractivity contribution in [3.05, 3.63) is 42.7 Å². The molecule has 1 aromatic carbocycles. The lowest BCUT2D eigenvalue weighted by Crippen LogP contribution is -1.97. The van der Waals surface area contributed by atoms with Crippen molar-refractivity contribution in [3.63, 3.8) is 0 Å². The van der Waals surface area contributed by atoms with E-state index in [9.17, 15) is 0 Å². The van der Waals surface area contributed by atoms with Crippen LogP contribution in [0.4, 0.5) is 0 Å². The van der Waals surface area contributed by atoms with Gasteiger partial charge in [-0.15, -0.1) is 0 Å². The van der Waals surface area contributed by atoms with Gasteiger partial charge in [0.1, 0.15) is 0 Å². The number of unbranched alkanes of at least 4 members (excludes halogenated alkanes) is 3. The van der Waals surface area contributed by atoms with Crippen molar-refractivity contribution in [2.75, 3.05) is 0 Å². The van der Waals surface area contributed by atoms with Crippen LogP contribution in [0.1, 0.15) is 32.6 Å². The van der Waals surface area contributed by atoms with Crippen LogP contribution in [0, 0.1) is 0 Å². The molecule has 17 heavy (non-hydrogen) atoms. The molecule has 0 aliphatic carbocycles. The van der Waals surface area contributed by atoms with Gasteiger partial charge < -0.3 is 0 Å². The van der Waals surface area contributed by atoms with Gasteiger partial charge in [0.05, 0.1) is 6.20 Å². The van der Waals surface area contributed by atoms with E-state index >= 15 is 0 Å². The van der Waals surface area contributed by atoms with Crippen LogP contribution in [0.2, 0.25) is 0 Å². The van der Waals surface area contributed by atoms with Gasteiger partial charge in [-0.3, -0.25) is 4.68 Å². The zero-order valence-corrected chi connectivity index (χ0v) is 10.5. The number of hydrogen-bond acceptors (Lipinski definition) is 1. The van der Waals surface area contributed by atoms with Gasteiger partial charge in [0, 0.05) is 18.3 Å². The average molecular weight is 228 g/mol. The minimum absolute atomic E-state index is 1.03. The van der Waals surface area contributed by atoms with Crippen LogP contribution in [0.25, 0.3) is 11.1 Å². The molecule has 0 radical (unpaired) electrons. The largest absolute Gasteiger partial charge is 0.272 e. The standard InChI is InChI=1S/C15H20N2/c1-2-3-4-8-11-17-13-15(12-16-17)14-9-6-5-7-10-14/h5-7,9-10,12-13H,2-4,8,11H2,1H3. The van der Waals surface area contributed by atoms with Gasteiger partial charge in [-0.2, -0.15) is 5.10 Å². The summed E-state index contributed by atoms with van der Waals surface area (Å²) in [5, 5.41) is 4.41. The van der Waals surface area contributed by atoms with Crippen molar-refractivity contribution in [1.29, 1.82) is 0 Å². The summed E-state index contributed by atoms with van der Waals surface area (Å²) in [6.07, 6.45) is 9.23. The molecule has 1 heterocycles. The lowest BCUT2D eigenvalue weighted by molar-refractivity contribution is 0.541. The van der Waals surface area contributed by atoms with Crippen LogP contribution in [-0.2, 0) is 6.54 Å². The van der Waals surface area contributed by atoms with Gasteiger partial charge in [-0.25, -0.2) is 0 Å². The maximum absolute atomic E-state index is 4.41. The smallest absolute Gasteiger partial charge is 0.0568 e. The molecule has 0 atom stereocenters. The van der Waals surface area contributed by atoms with Crippen LogP contribution in [0.3, 0.4) is 0 Å². The van der Waals surface area contributed by atoms with Crippen LogP contribution >= 0.6 is 0 Å². The molecule has 0 amide bonds. The highest BCUT2D eigenvalue weighted by Crippen LogP contribution is 2.17. The van der Waals surface area contributed by atoms with Gasteiger partial charge in [0.2, 0.25) is 0 Å². The molecule has 0 unspecified atom stereocenters. The van der Waals surface area contributed by atoms with Crippen molar-refractivity contribution in [2.24, 2.45) is 0 Å². The third-order valence-corrected chi connectivity index (χ3v) is 2.98. The number of aromatic nitrogens is 2. The first-order valence-electron chi connectivity index (χ1n) is 6.48. The SMILES string of the molecule is CCCCCCn1cc(-c2ccccc2)cn1. The van der Waals surface area contributed by atoms with E-state index in [-0.39, 0.29) is 0 Å². The maximum atomic E-state index is 4.41. The van der Waals surface area contributed by atoms with E-state index < -0.39 is 0 Å². The van der Waals surface area contributed by atoms with E-state index in [1.54, 1.807) is 0 Å². The number of aryl methyl sites for hydroxylation is 1. The Kier molecular flexibility index (Phi) is 4.37. The van der Waals surface area contributed by atoms with E-state index in [4.69, 9.17) is 0 Å². The second-order valence-electron chi connectivity index (χ2n) is 4.42. The van der Waals surface area contributed by atoms with Crippen LogP contribution in [0.5, 0.6) is 0 Å². The first-order valence-corrected chi connectivity index (χ1v) is 6.48. The topological polar surface area (TPSA) is 17.8 Å². The molecule has 90 valence electrons. The van der Waals surface area contributed by atoms with E-state index in [0.29, 0.717) is 0 Å². The summed E-state index contributed by atoms with van der Waals surface area (Å²) in [6, 6.07) is 10.4. The normalized spacial score (nSPS) is 10.6. The van der Waals surface area contributed by atoms with Gasteiger partial charge in [0.25, 0.3) is 0 Å². The molecule has 0 N–H and O–H groups in total. The fourth-order valence-electron chi connectivity index (χ4n) is 1.97. The maximum Gasteiger partial charge on any atom is 0.0568 e. The second kappa shape index (κ2) is 6.24. The zero-order chi connectivity index (χ0) is 11.9. The lowest BCUT2D eigenvalue weighted by Gasteiger charge is -2.00. The minimum atomic E-state index is 1.03. The Labute approximate surface area is 103 Å².